The summed E-state index contributed by atoms with van der Waals surface area (Å²) >= 11 is 5.88. The van der Waals surface area contributed by atoms with Gasteiger partial charge in [-0.3, -0.25) is 9.59 Å². The van der Waals surface area contributed by atoms with E-state index in [1.165, 1.54) is 18.2 Å². The molecule has 0 spiro atoms. The molecule has 0 aliphatic carbocycles. The van der Waals surface area contributed by atoms with E-state index in [-0.39, 0.29) is 22.9 Å². The van der Waals surface area contributed by atoms with Gasteiger partial charge in [-0.25, -0.2) is 4.39 Å². The van der Waals surface area contributed by atoms with Gasteiger partial charge in [-0.1, -0.05) is 49.7 Å². The van der Waals surface area contributed by atoms with E-state index in [0.29, 0.717) is 5.69 Å². The number of hydrogen-bond acceptors (Lipinski definition) is 3. The van der Waals surface area contributed by atoms with Gasteiger partial charge in [0, 0.05) is 16.3 Å². The fraction of sp³-hybridized carbons (Fsp3) is 0.300. The number of halogens is 2. The van der Waals surface area contributed by atoms with Crippen LogP contribution in [0.1, 0.15) is 37.3 Å². The molecule has 0 fully saturated rings. The normalized spacial score (nSPS) is 11.7. The van der Waals surface area contributed by atoms with Crippen LogP contribution in [0.5, 0.6) is 0 Å². The van der Waals surface area contributed by atoms with E-state index in [2.05, 4.69) is 19.2 Å². The van der Waals surface area contributed by atoms with Crippen LogP contribution in [0.25, 0.3) is 0 Å². The first-order chi connectivity index (χ1) is 12.4. The largest absolute Gasteiger partial charge is 0.455 e. The molecule has 0 bridgehead atoms. The predicted octanol–water partition coefficient (Wildman–Crippen LogP) is 4.72. The lowest BCUT2D eigenvalue weighted by atomic mass is 9.97. The molecule has 4 nitrogen and oxygen atoms in total. The van der Waals surface area contributed by atoms with Gasteiger partial charge in [0.25, 0.3) is 5.91 Å². The summed E-state index contributed by atoms with van der Waals surface area (Å²) in [5.41, 5.74) is 1.77. The third-order valence-corrected chi connectivity index (χ3v) is 4.48. The smallest absolute Gasteiger partial charge is 0.310 e. The zero-order chi connectivity index (χ0) is 19.1. The Hall–Kier alpha value is -2.40. The van der Waals surface area contributed by atoms with Crippen LogP contribution in [-0.2, 0) is 20.7 Å². The summed E-state index contributed by atoms with van der Waals surface area (Å²) in [4.78, 5) is 23.9. The van der Waals surface area contributed by atoms with Gasteiger partial charge in [-0.2, -0.15) is 0 Å². The number of carbonyl (C=O) groups excluding carboxylic acids is 2. The number of carbonyl (C=O) groups is 2. The summed E-state index contributed by atoms with van der Waals surface area (Å²) in [5.74, 6) is -1.46. The lowest BCUT2D eigenvalue weighted by molar-refractivity contribution is -0.146. The average molecular weight is 378 g/mol. The Morgan fingerprint density at radius 1 is 1.19 bits per heavy atom. The summed E-state index contributed by atoms with van der Waals surface area (Å²) in [5, 5.41) is 2.90. The van der Waals surface area contributed by atoms with Gasteiger partial charge in [-0.05, 0) is 36.1 Å². The van der Waals surface area contributed by atoms with E-state index in [1.54, 1.807) is 6.07 Å². The van der Waals surface area contributed by atoms with E-state index >= 15 is 0 Å². The van der Waals surface area contributed by atoms with Gasteiger partial charge in [-0.15, -0.1) is 0 Å². The second-order valence-electron chi connectivity index (χ2n) is 5.98. The van der Waals surface area contributed by atoms with Crippen LogP contribution in [0.3, 0.4) is 0 Å². The van der Waals surface area contributed by atoms with E-state index in [4.69, 9.17) is 16.3 Å². The molecule has 0 unspecified atom stereocenters. The number of nitrogens with one attached hydrogen (secondary N) is 1. The van der Waals surface area contributed by atoms with E-state index in [1.807, 2.05) is 18.2 Å². The van der Waals surface area contributed by atoms with Crippen molar-refractivity contribution in [1.29, 1.82) is 0 Å². The molecule has 0 saturated carbocycles. The number of amides is 1. The van der Waals surface area contributed by atoms with Gasteiger partial charge < -0.3 is 10.1 Å². The molecule has 2 rings (SSSR count). The lowest BCUT2D eigenvalue weighted by Gasteiger charge is -2.15. The predicted molar refractivity (Wildman–Crippen MR) is 99.9 cm³/mol. The Morgan fingerprint density at radius 3 is 2.62 bits per heavy atom. The van der Waals surface area contributed by atoms with Crippen molar-refractivity contribution in [1.82, 2.24) is 0 Å². The number of rotatable bonds is 7. The standard InChI is InChI=1S/C20H21ClFNO3/c1-3-13(2)14-7-4-5-10-18(14)23-19(24)12-26-20(25)11-15-16(21)8-6-9-17(15)22/h4-10,13H,3,11-12H2,1-2H3,(H,23,24)/t13-/m0/s1. The average Bonchev–Trinajstić information content (AvgIpc) is 2.63. The van der Waals surface area contributed by atoms with Crippen molar-refractivity contribution >= 4 is 29.2 Å². The fourth-order valence-electron chi connectivity index (χ4n) is 2.49. The van der Waals surface area contributed by atoms with Crippen LogP contribution in [-0.4, -0.2) is 18.5 Å². The summed E-state index contributed by atoms with van der Waals surface area (Å²) in [7, 11) is 0. The van der Waals surface area contributed by atoms with Crippen LogP contribution >= 0.6 is 11.6 Å². The van der Waals surface area contributed by atoms with Crippen LogP contribution < -0.4 is 5.32 Å². The Morgan fingerprint density at radius 2 is 1.92 bits per heavy atom. The first kappa shape index (κ1) is 19.9. The molecule has 2 aromatic rings. The van der Waals surface area contributed by atoms with E-state index in [0.717, 1.165) is 12.0 Å². The SMILES string of the molecule is CC[C@H](C)c1ccccc1NC(=O)COC(=O)Cc1c(F)cccc1Cl. The van der Waals surface area contributed by atoms with Gasteiger partial charge in [0.15, 0.2) is 6.61 Å². The summed E-state index contributed by atoms with van der Waals surface area (Å²) in [6.45, 7) is 3.70. The minimum atomic E-state index is -0.720. The number of para-hydroxylation sites is 1. The quantitative estimate of drug-likeness (QED) is 0.710. The highest BCUT2D eigenvalue weighted by molar-refractivity contribution is 6.31. The number of hydrogen-bond donors (Lipinski definition) is 1. The highest BCUT2D eigenvalue weighted by Crippen LogP contribution is 2.26. The maximum Gasteiger partial charge on any atom is 0.310 e. The number of ether oxygens (including phenoxy) is 1. The highest BCUT2D eigenvalue weighted by atomic mass is 35.5. The third-order valence-electron chi connectivity index (χ3n) is 4.13. The molecule has 0 heterocycles. The Labute approximate surface area is 157 Å². The highest BCUT2D eigenvalue weighted by Gasteiger charge is 2.15. The van der Waals surface area contributed by atoms with Crippen LogP contribution in [0.2, 0.25) is 5.02 Å². The molecule has 26 heavy (non-hydrogen) atoms. The molecule has 1 N–H and O–H groups in total. The second-order valence-corrected chi connectivity index (χ2v) is 6.39. The van der Waals surface area contributed by atoms with E-state index < -0.39 is 24.3 Å². The molecule has 1 amide bonds. The van der Waals surface area contributed by atoms with Crippen molar-refractivity contribution in [3.63, 3.8) is 0 Å². The van der Waals surface area contributed by atoms with Gasteiger partial charge in [0.2, 0.25) is 0 Å². The summed E-state index contributed by atoms with van der Waals surface area (Å²) in [6.07, 6.45) is 0.605. The van der Waals surface area contributed by atoms with Crippen molar-refractivity contribution in [2.75, 3.05) is 11.9 Å². The van der Waals surface area contributed by atoms with Gasteiger partial charge in [0.1, 0.15) is 5.82 Å². The van der Waals surface area contributed by atoms with Crippen LogP contribution in [0.4, 0.5) is 10.1 Å². The number of esters is 1. The summed E-state index contributed by atoms with van der Waals surface area (Å²) in [6, 6.07) is 11.7. The maximum atomic E-state index is 13.7. The first-order valence-corrected chi connectivity index (χ1v) is 8.77. The first-order valence-electron chi connectivity index (χ1n) is 8.39. The molecule has 0 saturated heterocycles. The molecule has 0 aliphatic heterocycles. The van der Waals surface area contributed by atoms with E-state index in [9.17, 15) is 14.0 Å². The zero-order valence-corrected chi connectivity index (χ0v) is 15.5. The Bertz CT molecular complexity index is 774. The van der Waals surface area contributed by atoms with Crippen molar-refractivity contribution in [2.24, 2.45) is 0 Å². The molecule has 0 aromatic heterocycles. The monoisotopic (exact) mass is 377 g/mol. The molecule has 0 aliphatic rings. The Balaban J connectivity index is 1.92. The zero-order valence-electron chi connectivity index (χ0n) is 14.7. The molecular weight excluding hydrogens is 357 g/mol. The number of anilines is 1. The Kier molecular flexibility index (Phi) is 7.16. The van der Waals surface area contributed by atoms with Crippen LogP contribution in [0, 0.1) is 5.82 Å². The maximum absolute atomic E-state index is 13.7. The van der Waals surface area contributed by atoms with Crippen molar-refractivity contribution < 1.29 is 18.7 Å². The minimum absolute atomic E-state index is 0.0571. The van der Waals surface area contributed by atoms with Crippen LogP contribution in [0.15, 0.2) is 42.5 Å². The van der Waals surface area contributed by atoms with Crippen molar-refractivity contribution in [2.45, 2.75) is 32.6 Å². The third kappa shape index (κ3) is 5.30. The van der Waals surface area contributed by atoms with Crippen molar-refractivity contribution in [3.8, 4) is 0 Å². The minimum Gasteiger partial charge on any atom is -0.455 e. The molecule has 1 atom stereocenters. The molecule has 6 heteroatoms. The lowest BCUT2D eigenvalue weighted by Crippen LogP contribution is -2.22. The molecular formula is C20H21ClFNO3. The van der Waals surface area contributed by atoms with Crippen molar-refractivity contribution in [3.05, 3.63) is 64.4 Å². The number of benzene rings is 2. The molecule has 138 valence electrons. The van der Waals surface area contributed by atoms with Gasteiger partial charge in [0.05, 0.1) is 6.42 Å². The summed E-state index contributed by atoms with van der Waals surface area (Å²) < 4.78 is 18.6. The van der Waals surface area contributed by atoms with Gasteiger partial charge >= 0.3 is 5.97 Å². The second kappa shape index (κ2) is 9.34. The topological polar surface area (TPSA) is 55.4 Å². The molecule has 2 aromatic carbocycles. The molecule has 0 radical (unpaired) electrons. The fourth-order valence-corrected chi connectivity index (χ4v) is 2.72.